The number of fused-ring (bicyclic) bond motifs is 4. The average Bonchev–Trinajstić information content (AvgIpc) is 3.60. The highest BCUT2D eigenvalue weighted by Gasteiger charge is 2.65. The largest absolute Gasteiger partial charge is 0.544 e. The normalized spacial score (nSPS) is 28.0. The monoisotopic (exact) mass is 736 g/mol. The van der Waals surface area contributed by atoms with E-state index in [1.165, 1.54) is 0 Å². The Morgan fingerprint density at radius 2 is 1.22 bits per heavy atom. The van der Waals surface area contributed by atoms with Gasteiger partial charge in [-0.1, -0.05) is 83.1 Å². The fraction of sp³-hybridized carbons (Fsp3) is 0.900. The molecule has 3 aliphatic carbocycles. The SMILES string of the molecule is CCOC(=O)C1(C(=O)OCC)C[C@@H]2C=C(O[Si](C(C)C)(C(C)C)C(C)C)[C@@H](O[Si](C(C)C)(C(C)C)C(C)C)C[C@H]2[C@@H]2CCC3(OCCO3)[C@H]2C1. The second-order valence-electron chi connectivity index (χ2n) is 17.7. The van der Waals surface area contributed by atoms with Crippen molar-refractivity contribution in [1.82, 2.24) is 0 Å². The molecule has 0 aromatic heterocycles. The van der Waals surface area contributed by atoms with Crippen LogP contribution in [0.2, 0.25) is 33.2 Å². The fourth-order valence-corrected chi connectivity index (χ4v) is 22.5. The molecule has 0 radical (unpaired) electrons. The summed E-state index contributed by atoms with van der Waals surface area (Å²) in [6.07, 6.45) is 5.19. The zero-order valence-electron chi connectivity index (χ0n) is 34.1. The van der Waals surface area contributed by atoms with Crippen molar-refractivity contribution in [2.75, 3.05) is 26.4 Å². The van der Waals surface area contributed by atoms with Crippen molar-refractivity contribution in [3.05, 3.63) is 11.8 Å². The quantitative estimate of drug-likeness (QED) is 0.0990. The standard InChI is InChI=1S/C40H72O8Si2/c1-15-43-37(41)39(38(42)44-16-2)23-31-21-35(47-49(25(3)4,26(5)6)27(7)8)36(48-50(28(9)10,29(11)12)30(13)14)22-33(31)32-17-18-40(34(32)24-39)45-19-20-46-40/h21,25-34,36H,15-20,22-24H2,1-14H3/t31-,32-,33+,34-,36-/m0/s1. The maximum Gasteiger partial charge on any atom is 0.323 e. The lowest BCUT2D eigenvalue weighted by molar-refractivity contribution is -0.200. The van der Waals surface area contributed by atoms with E-state index in [0.29, 0.717) is 59.3 Å². The molecule has 1 spiro atoms. The van der Waals surface area contributed by atoms with Crippen molar-refractivity contribution in [1.29, 1.82) is 0 Å². The van der Waals surface area contributed by atoms with Crippen LogP contribution in [0, 0.1) is 29.1 Å². The summed E-state index contributed by atoms with van der Waals surface area (Å²) >= 11 is 0. The Morgan fingerprint density at radius 3 is 1.66 bits per heavy atom. The number of hydrogen-bond donors (Lipinski definition) is 0. The second-order valence-corrected chi connectivity index (χ2v) is 28.5. The molecule has 0 amide bonds. The van der Waals surface area contributed by atoms with E-state index in [9.17, 15) is 9.59 Å². The molecule has 1 heterocycles. The van der Waals surface area contributed by atoms with Crippen molar-refractivity contribution in [3.63, 3.8) is 0 Å². The molecular weight excluding hydrogens is 665 g/mol. The van der Waals surface area contributed by atoms with Crippen molar-refractivity contribution < 1.29 is 37.4 Å². The summed E-state index contributed by atoms with van der Waals surface area (Å²) in [5.74, 6) is -0.762. The van der Waals surface area contributed by atoms with Crippen LogP contribution in [0.3, 0.4) is 0 Å². The first-order chi connectivity index (χ1) is 23.4. The van der Waals surface area contributed by atoms with Gasteiger partial charge in [0.05, 0.1) is 26.4 Å². The molecule has 5 atom stereocenters. The third-order valence-electron chi connectivity index (χ3n) is 13.5. The molecule has 4 rings (SSSR count). The van der Waals surface area contributed by atoms with Gasteiger partial charge in [-0.3, -0.25) is 9.59 Å². The fourth-order valence-electron chi connectivity index (χ4n) is 11.6. The number of esters is 2. The Balaban J connectivity index is 1.98. The number of rotatable bonds is 14. The Morgan fingerprint density at radius 1 is 0.740 bits per heavy atom. The highest BCUT2D eigenvalue weighted by molar-refractivity contribution is 6.78. The minimum atomic E-state index is -2.40. The van der Waals surface area contributed by atoms with E-state index in [-0.39, 0.29) is 43.0 Å². The Kier molecular flexibility index (Phi) is 13.3. The van der Waals surface area contributed by atoms with Gasteiger partial charge in [-0.25, -0.2) is 0 Å². The number of carbonyl (C=O) groups is 2. The van der Waals surface area contributed by atoms with Gasteiger partial charge in [0.25, 0.3) is 8.32 Å². The van der Waals surface area contributed by atoms with Crippen LogP contribution >= 0.6 is 0 Å². The van der Waals surface area contributed by atoms with Gasteiger partial charge in [-0.05, 0) is 96.6 Å². The van der Waals surface area contributed by atoms with Crippen molar-refractivity contribution in [2.24, 2.45) is 29.1 Å². The first-order valence-corrected chi connectivity index (χ1v) is 24.4. The lowest BCUT2D eigenvalue weighted by atomic mass is 9.70. The molecule has 1 aliphatic heterocycles. The molecule has 288 valence electrons. The van der Waals surface area contributed by atoms with Gasteiger partial charge in [0, 0.05) is 12.3 Å². The molecule has 2 saturated carbocycles. The molecule has 0 N–H and O–H groups in total. The molecule has 8 nitrogen and oxygen atoms in total. The van der Waals surface area contributed by atoms with Crippen molar-refractivity contribution in [2.45, 2.75) is 174 Å². The Hall–Kier alpha value is -1.21. The third kappa shape index (κ3) is 7.07. The van der Waals surface area contributed by atoms with Crippen LogP contribution in [0.1, 0.15) is 129 Å². The highest BCUT2D eigenvalue weighted by Crippen LogP contribution is 2.61. The number of ether oxygens (including phenoxy) is 4. The minimum Gasteiger partial charge on any atom is -0.544 e. The highest BCUT2D eigenvalue weighted by atomic mass is 28.4. The lowest BCUT2D eigenvalue weighted by Gasteiger charge is -2.50. The molecule has 0 bridgehead atoms. The number of carbonyl (C=O) groups excluding carboxylic acids is 2. The average molecular weight is 737 g/mol. The van der Waals surface area contributed by atoms with Gasteiger partial charge >= 0.3 is 11.9 Å². The van der Waals surface area contributed by atoms with Crippen LogP contribution in [0.5, 0.6) is 0 Å². The smallest absolute Gasteiger partial charge is 0.323 e. The summed E-state index contributed by atoms with van der Waals surface area (Å²) < 4.78 is 39.9. The zero-order chi connectivity index (χ0) is 37.4. The summed E-state index contributed by atoms with van der Waals surface area (Å²) in [6, 6.07) is 0. The molecule has 50 heavy (non-hydrogen) atoms. The van der Waals surface area contributed by atoms with Gasteiger partial charge in [0.1, 0.15) is 11.9 Å². The van der Waals surface area contributed by atoms with Crippen molar-refractivity contribution in [3.8, 4) is 0 Å². The Bertz CT molecular complexity index is 1140. The van der Waals surface area contributed by atoms with E-state index < -0.39 is 39.8 Å². The van der Waals surface area contributed by atoms with E-state index in [4.69, 9.17) is 27.8 Å². The topological polar surface area (TPSA) is 89.5 Å². The van der Waals surface area contributed by atoms with Crippen LogP contribution < -0.4 is 0 Å². The lowest BCUT2D eigenvalue weighted by Crippen LogP contribution is -2.54. The van der Waals surface area contributed by atoms with Crippen molar-refractivity contribution >= 4 is 28.6 Å². The van der Waals surface area contributed by atoms with Crippen LogP contribution in [0.4, 0.5) is 0 Å². The van der Waals surface area contributed by atoms with Gasteiger partial charge < -0.3 is 27.8 Å². The summed E-state index contributed by atoms with van der Waals surface area (Å²) in [5.41, 5.74) is 0.930. The third-order valence-corrected chi connectivity index (χ3v) is 25.6. The van der Waals surface area contributed by atoms with E-state index in [1.807, 2.05) is 0 Å². The summed E-state index contributed by atoms with van der Waals surface area (Å²) in [6.45, 7) is 33.1. The number of hydrogen-bond acceptors (Lipinski definition) is 8. The predicted molar refractivity (Wildman–Crippen MR) is 204 cm³/mol. The molecule has 0 unspecified atom stereocenters. The molecule has 0 aromatic carbocycles. The second kappa shape index (κ2) is 16.0. The summed E-state index contributed by atoms with van der Waals surface area (Å²) in [4.78, 5) is 28.5. The Labute approximate surface area is 306 Å². The zero-order valence-corrected chi connectivity index (χ0v) is 36.1. The van der Waals surface area contributed by atoms with Crippen LogP contribution in [-0.2, 0) is 37.4 Å². The number of allylic oxidation sites excluding steroid dienone is 1. The van der Waals surface area contributed by atoms with Gasteiger partial charge in [-0.15, -0.1) is 0 Å². The predicted octanol–water partition coefficient (Wildman–Crippen LogP) is 9.93. The summed E-state index contributed by atoms with van der Waals surface area (Å²) in [7, 11) is -4.73. The molecule has 10 heteroatoms. The molecule has 3 fully saturated rings. The van der Waals surface area contributed by atoms with Gasteiger partial charge in [0.15, 0.2) is 11.2 Å². The molecule has 4 aliphatic rings. The van der Waals surface area contributed by atoms with Crippen LogP contribution in [0.15, 0.2) is 11.8 Å². The molecule has 1 saturated heterocycles. The minimum absolute atomic E-state index is 0.100. The van der Waals surface area contributed by atoms with Gasteiger partial charge in [0.2, 0.25) is 8.32 Å². The van der Waals surface area contributed by atoms with E-state index in [2.05, 4.69) is 89.2 Å². The molecular formula is C40H72O8Si2. The van der Waals surface area contributed by atoms with E-state index in [1.54, 1.807) is 13.8 Å². The first kappa shape index (κ1) is 41.5. The van der Waals surface area contributed by atoms with E-state index >= 15 is 0 Å². The maximum atomic E-state index is 14.2. The first-order valence-electron chi connectivity index (χ1n) is 20.1. The molecule has 0 aromatic rings. The summed E-state index contributed by atoms with van der Waals surface area (Å²) in [5, 5.41) is 0. The van der Waals surface area contributed by atoms with Crippen LogP contribution in [0.25, 0.3) is 0 Å². The van der Waals surface area contributed by atoms with Crippen LogP contribution in [-0.4, -0.2) is 66.9 Å². The van der Waals surface area contributed by atoms with E-state index in [0.717, 1.165) is 25.0 Å². The van der Waals surface area contributed by atoms with Gasteiger partial charge in [-0.2, -0.15) is 0 Å². The maximum absolute atomic E-state index is 14.2.